The molecule has 3 atom stereocenters. The van der Waals surface area contributed by atoms with Crippen molar-refractivity contribution in [2.45, 2.75) is 44.4 Å². The number of para-hydroxylation sites is 1. The molecule has 0 aliphatic heterocycles. The van der Waals surface area contributed by atoms with Crippen LogP contribution in [-0.4, -0.2) is 0 Å². The molecule has 0 N–H and O–H groups in total. The smallest absolute Gasteiger partial charge is 0.0476 e. The lowest BCUT2D eigenvalue weighted by molar-refractivity contribution is 0.131. The molecule has 274 valence electrons. The maximum absolute atomic E-state index is 2.46. The van der Waals surface area contributed by atoms with Crippen LogP contribution in [0.2, 0.25) is 0 Å². The van der Waals surface area contributed by atoms with Gasteiger partial charge in [-0.15, -0.1) is 11.3 Å². The summed E-state index contributed by atoms with van der Waals surface area (Å²) in [4.78, 5) is 4.81. The van der Waals surface area contributed by atoms with Gasteiger partial charge in [-0.3, -0.25) is 0 Å². The summed E-state index contributed by atoms with van der Waals surface area (Å²) in [7, 11) is 0. The van der Waals surface area contributed by atoms with Gasteiger partial charge in [0.15, 0.2) is 0 Å². The predicted molar refractivity (Wildman–Crippen MR) is 239 cm³/mol. The Labute approximate surface area is 334 Å². The minimum absolute atomic E-state index is 0.716. The van der Waals surface area contributed by atoms with E-state index in [2.05, 4.69) is 186 Å². The van der Waals surface area contributed by atoms with E-state index >= 15 is 0 Å². The Morgan fingerprint density at radius 3 is 1.48 bits per heavy atom. The van der Waals surface area contributed by atoms with Crippen LogP contribution in [0.25, 0.3) is 31.3 Å². The van der Waals surface area contributed by atoms with Crippen molar-refractivity contribution in [2.75, 3.05) is 9.80 Å². The molecule has 3 heteroatoms. The Kier molecular flexibility index (Phi) is 8.50. The zero-order chi connectivity index (χ0) is 37.0. The normalized spacial score (nSPS) is 21.3. The van der Waals surface area contributed by atoms with Gasteiger partial charge in [0, 0.05) is 54.3 Å². The lowest BCUT2D eigenvalue weighted by Crippen LogP contribution is -2.27. The summed E-state index contributed by atoms with van der Waals surface area (Å²) in [6, 6.07) is 65.0. The molecule has 8 aromatic rings. The van der Waals surface area contributed by atoms with Crippen molar-refractivity contribution in [2.24, 2.45) is 23.7 Å². The molecule has 0 saturated heterocycles. The van der Waals surface area contributed by atoms with Crippen LogP contribution in [0.3, 0.4) is 0 Å². The molecule has 1 heterocycles. The van der Waals surface area contributed by atoms with Gasteiger partial charge in [-0.2, -0.15) is 0 Å². The lowest BCUT2D eigenvalue weighted by atomic mass is 9.67. The third-order valence-electron chi connectivity index (χ3n) is 13.2. The van der Waals surface area contributed by atoms with E-state index in [1.807, 2.05) is 11.3 Å². The van der Waals surface area contributed by atoms with Crippen LogP contribution in [-0.2, 0) is 0 Å². The molecule has 4 bridgehead atoms. The van der Waals surface area contributed by atoms with E-state index in [4.69, 9.17) is 0 Å². The summed E-state index contributed by atoms with van der Waals surface area (Å²) in [6.07, 6.45) is 8.76. The van der Waals surface area contributed by atoms with Crippen LogP contribution >= 0.6 is 11.3 Å². The van der Waals surface area contributed by atoms with Crippen molar-refractivity contribution in [1.29, 1.82) is 0 Å². The van der Waals surface area contributed by atoms with Gasteiger partial charge in [-0.25, -0.2) is 0 Å². The largest absolute Gasteiger partial charge is 0.311 e. The topological polar surface area (TPSA) is 6.48 Å². The highest BCUT2D eigenvalue weighted by Gasteiger charge is 2.43. The molecule has 56 heavy (non-hydrogen) atoms. The minimum atomic E-state index is 0.716. The molecule has 0 spiro atoms. The molecule has 4 fully saturated rings. The average molecular weight is 743 g/mol. The van der Waals surface area contributed by atoms with Gasteiger partial charge >= 0.3 is 0 Å². The molecule has 4 aliphatic rings. The van der Waals surface area contributed by atoms with Crippen molar-refractivity contribution < 1.29 is 0 Å². The second-order valence-corrected chi connectivity index (χ2v) is 17.8. The first kappa shape index (κ1) is 33.7. The quantitative estimate of drug-likeness (QED) is 0.153. The van der Waals surface area contributed by atoms with E-state index in [9.17, 15) is 0 Å². The molecule has 1 aromatic heterocycles. The van der Waals surface area contributed by atoms with Gasteiger partial charge in [0.05, 0.1) is 0 Å². The molecule has 4 aliphatic carbocycles. The number of anilines is 6. The Morgan fingerprint density at radius 2 is 0.821 bits per heavy atom. The Morgan fingerprint density at radius 1 is 0.357 bits per heavy atom. The number of hydrogen-bond acceptors (Lipinski definition) is 3. The first-order chi connectivity index (χ1) is 27.7. The SMILES string of the molecule is c1ccc(-c2ccc(N(c3ccc(N(c4ccccc4)c4ccc(C5CC6CC7CC(C6)CC5C7)cc4)cc3)c3ccc4c(c3)sc3ccccc34)cc2)cc1. The highest BCUT2D eigenvalue weighted by molar-refractivity contribution is 7.25. The molecule has 0 amide bonds. The summed E-state index contributed by atoms with van der Waals surface area (Å²) in [5.41, 5.74) is 10.9. The van der Waals surface area contributed by atoms with Gasteiger partial charge < -0.3 is 9.80 Å². The molecule has 7 aromatic carbocycles. The van der Waals surface area contributed by atoms with E-state index in [1.165, 1.54) is 81.2 Å². The van der Waals surface area contributed by atoms with Gasteiger partial charge in [0.25, 0.3) is 0 Å². The Hall–Kier alpha value is -5.64. The van der Waals surface area contributed by atoms with E-state index < -0.39 is 0 Å². The maximum Gasteiger partial charge on any atom is 0.0476 e. The third-order valence-corrected chi connectivity index (χ3v) is 14.4. The standard InChI is InChI=1S/C53H46N2S/c1-3-9-39(10-4-1)40-15-19-45(20-16-40)55(48-27-28-50-49-13-7-8-14-52(49)56-53(50)35-48)47-25-23-46(24-26-47)54(43-11-5-2-6-12-43)44-21-17-41(18-22-44)51-34-38-30-36-29-37(31-38)33-42(51)32-36/h1-28,35-38,42,51H,29-34H2. The highest BCUT2D eigenvalue weighted by atomic mass is 32.1. The predicted octanol–water partition coefficient (Wildman–Crippen LogP) is 15.6. The second-order valence-electron chi connectivity index (χ2n) is 16.7. The molecular formula is C53H46N2S. The lowest BCUT2D eigenvalue weighted by Gasteiger charge is -2.39. The van der Waals surface area contributed by atoms with E-state index in [0.29, 0.717) is 5.92 Å². The highest BCUT2D eigenvalue weighted by Crippen LogP contribution is 2.56. The number of rotatable bonds is 8. The van der Waals surface area contributed by atoms with Crippen LogP contribution in [0.1, 0.15) is 50.0 Å². The summed E-state index contributed by atoms with van der Waals surface area (Å²) in [6.45, 7) is 0. The van der Waals surface area contributed by atoms with E-state index in [0.717, 1.165) is 46.4 Å². The number of hydrogen-bond donors (Lipinski definition) is 0. The zero-order valence-electron chi connectivity index (χ0n) is 31.7. The summed E-state index contributed by atoms with van der Waals surface area (Å²) >= 11 is 1.87. The monoisotopic (exact) mass is 742 g/mol. The van der Waals surface area contributed by atoms with Crippen LogP contribution in [0.4, 0.5) is 34.1 Å². The summed E-state index contributed by atoms with van der Waals surface area (Å²) in [5, 5.41) is 2.64. The minimum Gasteiger partial charge on any atom is -0.311 e. The zero-order valence-corrected chi connectivity index (χ0v) is 32.5. The van der Waals surface area contributed by atoms with Crippen molar-refractivity contribution in [1.82, 2.24) is 0 Å². The second kappa shape index (κ2) is 14.1. The first-order valence-electron chi connectivity index (χ1n) is 20.6. The Bertz CT molecular complexity index is 2600. The fourth-order valence-electron chi connectivity index (χ4n) is 10.9. The van der Waals surface area contributed by atoms with Crippen LogP contribution in [0.15, 0.2) is 176 Å². The molecule has 0 radical (unpaired) electrons. The van der Waals surface area contributed by atoms with Gasteiger partial charge in [0.2, 0.25) is 0 Å². The summed E-state index contributed by atoms with van der Waals surface area (Å²) in [5.74, 6) is 4.49. The number of nitrogens with zero attached hydrogens (tertiary/aromatic N) is 2. The van der Waals surface area contributed by atoms with Crippen molar-refractivity contribution in [3.8, 4) is 11.1 Å². The molecule has 12 rings (SSSR count). The fourth-order valence-corrected chi connectivity index (χ4v) is 12.0. The summed E-state index contributed by atoms with van der Waals surface area (Å²) < 4.78 is 2.62. The molecule has 3 unspecified atom stereocenters. The number of fused-ring (bicyclic) bond motifs is 4. The fraction of sp³-hybridized carbons (Fsp3) is 0.208. The maximum atomic E-state index is 2.46. The van der Waals surface area contributed by atoms with E-state index in [1.54, 1.807) is 5.56 Å². The van der Waals surface area contributed by atoms with Crippen molar-refractivity contribution in [3.63, 3.8) is 0 Å². The van der Waals surface area contributed by atoms with E-state index in [-0.39, 0.29) is 0 Å². The molecular weight excluding hydrogens is 697 g/mol. The van der Waals surface area contributed by atoms with Gasteiger partial charge in [-0.05, 0) is 164 Å². The first-order valence-corrected chi connectivity index (χ1v) is 21.4. The Balaban J connectivity index is 0.956. The average Bonchev–Trinajstić information content (AvgIpc) is 3.50. The van der Waals surface area contributed by atoms with Crippen LogP contribution < -0.4 is 9.80 Å². The third kappa shape index (κ3) is 6.19. The number of thiophene rings is 1. The van der Waals surface area contributed by atoms with Crippen LogP contribution in [0.5, 0.6) is 0 Å². The number of benzene rings is 7. The van der Waals surface area contributed by atoms with Crippen molar-refractivity contribution in [3.05, 3.63) is 181 Å². The molecule has 2 nitrogen and oxygen atoms in total. The van der Waals surface area contributed by atoms with Gasteiger partial charge in [-0.1, -0.05) is 97.1 Å². The molecule has 4 saturated carbocycles. The van der Waals surface area contributed by atoms with Crippen molar-refractivity contribution >= 4 is 65.6 Å². The van der Waals surface area contributed by atoms with Crippen LogP contribution in [0, 0.1) is 23.7 Å². The van der Waals surface area contributed by atoms with Gasteiger partial charge in [0.1, 0.15) is 0 Å².